The fourth-order valence-corrected chi connectivity index (χ4v) is 3.23. The lowest BCUT2D eigenvalue weighted by molar-refractivity contribution is 1.08. The van der Waals surface area contributed by atoms with Crippen LogP contribution in [0.25, 0.3) is 22.0 Å². The molecule has 29 heavy (non-hydrogen) atoms. The van der Waals surface area contributed by atoms with Gasteiger partial charge in [0.1, 0.15) is 11.5 Å². The lowest BCUT2D eigenvalue weighted by Crippen LogP contribution is -2.10. The summed E-state index contributed by atoms with van der Waals surface area (Å²) in [7, 11) is 4.00. The molecule has 0 N–H and O–H groups in total. The van der Waals surface area contributed by atoms with Gasteiger partial charge in [-0.3, -0.25) is 0 Å². The highest BCUT2D eigenvalue weighted by molar-refractivity contribution is 6.30. The number of nitrogens with zero attached hydrogens (tertiary/aromatic N) is 3. The topological polar surface area (TPSA) is 29.0 Å². The fraction of sp³-hybridized carbons (Fsp3) is 0.120. The highest BCUT2D eigenvalue weighted by Gasteiger charge is 2.05. The Morgan fingerprint density at radius 1 is 0.862 bits per heavy atom. The molecule has 0 fully saturated rings. The van der Waals surface area contributed by atoms with Gasteiger partial charge in [0, 0.05) is 41.8 Å². The van der Waals surface area contributed by atoms with Gasteiger partial charge in [-0.15, -0.1) is 0 Å². The molecule has 4 heteroatoms. The van der Waals surface area contributed by atoms with E-state index < -0.39 is 0 Å². The Morgan fingerprint density at radius 3 is 2.31 bits per heavy atom. The number of benzene rings is 2. The maximum atomic E-state index is 5.95. The van der Waals surface area contributed by atoms with Crippen LogP contribution in [-0.4, -0.2) is 24.1 Å². The van der Waals surface area contributed by atoms with E-state index in [9.17, 15) is 0 Å². The molecule has 4 aromatic rings. The summed E-state index contributed by atoms with van der Waals surface area (Å²) in [5.41, 5.74) is 5.97. The molecule has 0 saturated carbocycles. The lowest BCUT2D eigenvalue weighted by atomic mass is 10.1. The molecule has 0 radical (unpaired) electrons. The number of pyridine rings is 2. The first-order valence-electron chi connectivity index (χ1n) is 9.32. The molecule has 0 amide bonds. The molecule has 0 aliphatic heterocycles. The fourth-order valence-electron chi connectivity index (χ4n) is 3.10. The number of fused-ring (bicyclic) bond motifs is 1. The quantitative estimate of drug-likeness (QED) is 0.405. The van der Waals surface area contributed by atoms with Crippen molar-refractivity contribution >= 4 is 28.3 Å². The van der Waals surface area contributed by atoms with Gasteiger partial charge < -0.3 is 4.90 Å². The molecule has 2 heterocycles. The highest BCUT2D eigenvalue weighted by Crippen LogP contribution is 2.23. The maximum Gasteiger partial charge on any atom is 0.128 e. The molecular formula is C25H20ClN3. The van der Waals surface area contributed by atoms with Gasteiger partial charge in [0.2, 0.25) is 0 Å². The summed E-state index contributed by atoms with van der Waals surface area (Å²) < 4.78 is 0. The smallest absolute Gasteiger partial charge is 0.128 e. The number of anilines is 1. The minimum absolute atomic E-state index is 0.725. The van der Waals surface area contributed by atoms with E-state index in [1.807, 2.05) is 73.7 Å². The van der Waals surface area contributed by atoms with Crippen molar-refractivity contribution in [2.45, 2.75) is 6.92 Å². The average Bonchev–Trinajstić information content (AvgIpc) is 2.73. The summed E-state index contributed by atoms with van der Waals surface area (Å²) >= 11 is 5.95. The molecule has 0 bridgehead atoms. The predicted molar refractivity (Wildman–Crippen MR) is 121 cm³/mol. The van der Waals surface area contributed by atoms with E-state index in [0.29, 0.717) is 0 Å². The third kappa shape index (κ3) is 4.23. The van der Waals surface area contributed by atoms with Gasteiger partial charge in [0.15, 0.2) is 0 Å². The molecular weight excluding hydrogens is 378 g/mol. The molecule has 0 spiro atoms. The zero-order valence-corrected chi connectivity index (χ0v) is 17.3. The number of aromatic nitrogens is 2. The van der Waals surface area contributed by atoms with Crippen LogP contribution in [0.2, 0.25) is 5.02 Å². The van der Waals surface area contributed by atoms with Crippen molar-refractivity contribution < 1.29 is 0 Å². The maximum absolute atomic E-state index is 5.95. The second-order valence-corrected chi connectivity index (χ2v) is 7.55. The minimum atomic E-state index is 0.725. The minimum Gasteiger partial charge on any atom is -0.363 e. The summed E-state index contributed by atoms with van der Waals surface area (Å²) in [6, 6.07) is 19.9. The Bertz CT molecular complexity index is 1230. The normalized spacial score (nSPS) is 10.5. The van der Waals surface area contributed by atoms with Gasteiger partial charge in [-0.05, 0) is 66.4 Å². The molecule has 0 aliphatic rings. The van der Waals surface area contributed by atoms with E-state index >= 15 is 0 Å². The van der Waals surface area contributed by atoms with Crippen LogP contribution in [0.5, 0.6) is 0 Å². The van der Waals surface area contributed by atoms with Crippen molar-refractivity contribution in [3.63, 3.8) is 0 Å². The summed E-state index contributed by atoms with van der Waals surface area (Å²) in [5.74, 6) is 7.33. The van der Waals surface area contributed by atoms with Gasteiger partial charge in [0.25, 0.3) is 0 Å². The van der Waals surface area contributed by atoms with E-state index in [2.05, 4.69) is 35.9 Å². The zero-order chi connectivity index (χ0) is 20.4. The first kappa shape index (κ1) is 19.0. The van der Waals surface area contributed by atoms with Crippen LogP contribution >= 0.6 is 11.6 Å². The van der Waals surface area contributed by atoms with Crippen molar-refractivity contribution in [2.24, 2.45) is 0 Å². The summed E-state index contributed by atoms with van der Waals surface area (Å²) in [5, 5.41) is 1.84. The third-order valence-corrected chi connectivity index (χ3v) is 4.99. The standard InChI is InChI=1S/C25H20ClN3/c1-17-14-25(29(2)3)28-24-13-5-18(15-23(17)24)4-11-22-12-8-20(16-27-22)19-6-9-21(26)10-7-19/h5-10,12-16H,1-3H3. The number of hydrogen-bond acceptors (Lipinski definition) is 3. The van der Waals surface area contributed by atoms with E-state index in [1.54, 1.807) is 0 Å². The van der Waals surface area contributed by atoms with Crippen molar-refractivity contribution in [2.75, 3.05) is 19.0 Å². The SMILES string of the molecule is Cc1cc(N(C)C)nc2ccc(C#Cc3ccc(-c4ccc(Cl)cc4)cn3)cc12. The molecule has 4 rings (SSSR count). The average molecular weight is 398 g/mol. The van der Waals surface area contributed by atoms with Crippen LogP contribution in [-0.2, 0) is 0 Å². The third-order valence-electron chi connectivity index (χ3n) is 4.74. The number of hydrogen-bond donors (Lipinski definition) is 0. The molecule has 0 unspecified atom stereocenters. The van der Waals surface area contributed by atoms with E-state index in [-0.39, 0.29) is 0 Å². The lowest BCUT2D eigenvalue weighted by Gasteiger charge is -2.13. The predicted octanol–water partition coefficient (Wildman–Crippen LogP) is 5.72. The van der Waals surface area contributed by atoms with Crippen LogP contribution in [0.3, 0.4) is 0 Å². The molecule has 0 atom stereocenters. The van der Waals surface area contributed by atoms with E-state index in [1.165, 1.54) is 5.56 Å². The van der Waals surface area contributed by atoms with Crippen molar-refractivity contribution in [1.82, 2.24) is 9.97 Å². The van der Waals surface area contributed by atoms with Crippen LogP contribution in [0.4, 0.5) is 5.82 Å². The Balaban J connectivity index is 1.60. The summed E-state index contributed by atoms with van der Waals surface area (Å²) in [6.07, 6.45) is 1.84. The molecule has 3 nitrogen and oxygen atoms in total. The van der Waals surface area contributed by atoms with Crippen molar-refractivity contribution in [3.8, 4) is 23.0 Å². The second-order valence-electron chi connectivity index (χ2n) is 7.11. The van der Waals surface area contributed by atoms with Gasteiger partial charge in [-0.2, -0.15) is 0 Å². The van der Waals surface area contributed by atoms with Crippen LogP contribution in [0, 0.1) is 18.8 Å². The number of halogens is 1. The van der Waals surface area contributed by atoms with Crippen molar-refractivity contribution in [3.05, 3.63) is 88.7 Å². The Hall–Kier alpha value is -3.35. The number of aryl methyl sites for hydroxylation is 1. The Morgan fingerprint density at radius 2 is 1.62 bits per heavy atom. The van der Waals surface area contributed by atoms with Crippen LogP contribution < -0.4 is 4.90 Å². The number of rotatable bonds is 2. The first-order valence-corrected chi connectivity index (χ1v) is 9.70. The summed E-state index contributed by atoms with van der Waals surface area (Å²) in [4.78, 5) is 11.2. The molecule has 0 aliphatic carbocycles. The van der Waals surface area contributed by atoms with Gasteiger partial charge in [-0.1, -0.05) is 35.7 Å². The molecule has 0 saturated heterocycles. The van der Waals surface area contributed by atoms with Gasteiger partial charge in [0.05, 0.1) is 5.52 Å². The zero-order valence-electron chi connectivity index (χ0n) is 16.6. The summed E-state index contributed by atoms with van der Waals surface area (Å²) in [6.45, 7) is 2.10. The Kier molecular flexibility index (Phi) is 5.20. The van der Waals surface area contributed by atoms with E-state index in [4.69, 9.17) is 16.6 Å². The monoisotopic (exact) mass is 397 g/mol. The second kappa shape index (κ2) is 7.95. The molecule has 2 aromatic carbocycles. The Labute approximate surface area is 176 Å². The van der Waals surface area contributed by atoms with E-state index in [0.717, 1.165) is 44.1 Å². The van der Waals surface area contributed by atoms with Gasteiger partial charge >= 0.3 is 0 Å². The van der Waals surface area contributed by atoms with Gasteiger partial charge in [-0.25, -0.2) is 9.97 Å². The highest BCUT2D eigenvalue weighted by atomic mass is 35.5. The van der Waals surface area contributed by atoms with Crippen LogP contribution in [0.15, 0.2) is 66.9 Å². The largest absolute Gasteiger partial charge is 0.363 e. The van der Waals surface area contributed by atoms with Crippen LogP contribution in [0.1, 0.15) is 16.8 Å². The van der Waals surface area contributed by atoms with Crippen molar-refractivity contribution in [1.29, 1.82) is 0 Å². The molecule has 142 valence electrons. The first-order chi connectivity index (χ1) is 14.0. The molecule has 2 aromatic heterocycles.